The average Bonchev–Trinajstić information content (AvgIpc) is 2.66. The first-order valence-electron chi connectivity index (χ1n) is 6.50. The Balaban J connectivity index is 1.95. The molecule has 1 saturated heterocycles. The summed E-state index contributed by atoms with van der Waals surface area (Å²) in [4.78, 5) is 12.3. The van der Waals surface area contributed by atoms with Gasteiger partial charge in [0, 0.05) is 17.8 Å². The number of allylic oxidation sites excluding steroid dienone is 1. The van der Waals surface area contributed by atoms with Crippen LogP contribution in [-0.2, 0) is 9.53 Å². The lowest BCUT2D eigenvalue weighted by Crippen LogP contribution is -2.42. The molecule has 2 nitrogen and oxygen atoms in total. The molecular weight excluding hydrogens is 200 g/mol. The molecule has 3 atom stereocenters. The van der Waals surface area contributed by atoms with Gasteiger partial charge in [0.1, 0.15) is 5.60 Å². The number of hydrogen-bond donors (Lipinski definition) is 0. The van der Waals surface area contributed by atoms with E-state index in [2.05, 4.69) is 19.9 Å². The minimum absolute atomic E-state index is 0.0875. The second-order valence-electron chi connectivity index (χ2n) is 6.36. The molecule has 4 aliphatic rings. The topological polar surface area (TPSA) is 29.6 Å². The lowest BCUT2D eigenvalue weighted by molar-refractivity contribution is -0.126. The number of carbonyl (C=O) groups excluding carboxylic acids is 1. The lowest BCUT2D eigenvalue weighted by Gasteiger charge is -2.31. The van der Waals surface area contributed by atoms with E-state index in [4.69, 9.17) is 4.74 Å². The minimum Gasteiger partial charge on any atom is -0.353 e. The summed E-state index contributed by atoms with van der Waals surface area (Å²) in [5, 5.41) is 0. The van der Waals surface area contributed by atoms with Gasteiger partial charge in [-0.3, -0.25) is 4.79 Å². The fraction of sp³-hybridized carbons (Fsp3) is 0.786. The molecule has 3 aliphatic carbocycles. The molecule has 0 spiro atoms. The van der Waals surface area contributed by atoms with Gasteiger partial charge in [-0.05, 0) is 25.7 Å². The van der Waals surface area contributed by atoms with Crippen LogP contribution in [0.25, 0.3) is 0 Å². The van der Waals surface area contributed by atoms with Gasteiger partial charge in [0.15, 0.2) is 11.4 Å². The van der Waals surface area contributed by atoms with Crippen molar-refractivity contribution in [2.45, 2.75) is 57.2 Å². The third-order valence-electron chi connectivity index (χ3n) is 5.66. The number of hydrogen-bond acceptors (Lipinski definition) is 2. The highest BCUT2D eigenvalue weighted by Crippen LogP contribution is 2.77. The van der Waals surface area contributed by atoms with E-state index in [-0.39, 0.29) is 16.6 Å². The van der Waals surface area contributed by atoms with Crippen LogP contribution in [0.4, 0.5) is 0 Å². The maximum absolute atomic E-state index is 12.3. The fourth-order valence-electron chi connectivity index (χ4n) is 4.95. The molecule has 3 fully saturated rings. The molecule has 86 valence electrons. The Hall–Kier alpha value is -0.630. The molecule has 0 aromatic heterocycles. The number of epoxide rings is 1. The second kappa shape index (κ2) is 2.31. The third kappa shape index (κ3) is 0.644. The maximum Gasteiger partial charge on any atom is 0.168 e. The van der Waals surface area contributed by atoms with Crippen molar-refractivity contribution < 1.29 is 9.53 Å². The van der Waals surface area contributed by atoms with E-state index < -0.39 is 0 Å². The Bertz CT molecular complexity index is 434. The quantitative estimate of drug-likeness (QED) is 0.462. The first-order valence-corrected chi connectivity index (χ1v) is 6.50. The SMILES string of the molecule is CC1(C)C2=CCCC2C23OC12CCCC3=O. The minimum atomic E-state index is -0.378. The van der Waals surface area contributed by atoms with Crippen LogP contribution in [0.2, 0.25) is 0 Å². The van der Waals surface area contributed by atoms with Gasteiger partial charge in [-0.2, -0.15) is 0 Å². The zero-order chi connectivity index (χ0) is 11.2. The Kier molecular flexibility index (Phi) is 1.36. The number of fused-ring (bicyclic) bond motifs is 1. The van der Waals surface area contributed by atoms with E-state index >= 15 is 0 Å². The highest BCUT2D eigenvalue weighted by Gasteiger charge is 2.88. The monoisotopic (exact) mass is 218 g/mol. The van der Waals surface area contributed by atoms with E-state index in [1.165, 1.54) is 5.57 Å². The number of rotatable bonds is 0. The summed E-state index contributed by atoms with van der Waals surface area (Å²) in [7, 11) is 0. The van der Waals surface area contributed by atoms with Gasteiger partial charge >= 0.3 is 0 Å². The molecule has 0 N–H and O–H groups in total. The Morgan fingerprint density at radius 3 is 3.06 bits per heavy atom. The standard InChI is InChI=1S/C14H18O2/c1-12(2)9-5-3-6-10(9)14-11(15)7-4-8-13(12,14)16-14/h5,10H,3-4,6-8H2,1-2H3. The van der Waals surface area contributed by atoms with E-state index in [0.29, 0.717) is 11.7 Å². The van der Waals surface area contributed by atoms with Crippen LogP contribution in [0.1, 0.15) is 46.0 Å². The molecule has 0 bridgehead atoms. The van der Waals surface area contributed by atoms with Crippen LogP contribution < -0.4 is 0 Å². The van der Waals surface area contributed by atoms with Gasteiger partial charge in [-0.1, -0.05) is 25.5 Å². The van der Waals surface area contributed by atoms with Crippen molar-refractivity contribution >= 4 is 5.78 Å². The molecule has 1 heterocycles. The summed E-state index contributed by atoms with van der Waals surface area (Å²) in [6, 6.07) is 0. The van der Waals surface area contributed by atoms with E-state index in [0.717, 1.165) is 32.1 Å². The molecule has 16 heavy (non-hydrogen) atoms. The average molecular weight is 218 g/mol. The normalized spacial score (nSPS) is 51.8. The number of carbonyl (C=O) groups is 1. The molecule has 2 heteroatoms. The smallest absolute Gasteiger partial charge is 0.168 e. The maximum atomic E-state index is 12.3. The van der Waals surface area contributed by atoms with Gasteiger partial charge in [0.05, 0.1) is 0 Å². The van der Waals surface area contributed by atoms with Crippen LogP contribution in [0.3, 0.4) is 0 Å². The first kappa shape index (κ1) is 9.41. The van der Waals surface area contributed by atoms with Crippen LogP contribution in [0.15, 0.2) is 11.6 Å². The zero-order valence-electron chi connectivity index (χ0n) is 10.0. The molecule has 0 amide bonds. The van der Waals surface area contributed by atoms with Crippen molar-refractivity contribution in [1.82, 2.24) is 0 Å². The van der Waals surface area contributed by atoms with Crippen LogP contribution in [-0.4, -0.2) is 17.0 Å². The largest absolute Gasteiger partial charge is 0.353 e. The van der Waals surface area contributed by atoms with Gasteiger partial charge in [-0.25, -0.2) is 0 Å². The highest BCUT2D eigenvalue weighted by molar-refractivity contribution is 5.95. The van der Waals surface area contributed by atoms with E-state index in [1.54, 1.807) is 0 Å². The Morgan fingerprint density at radius 2 is 2.25 bits per heavy atom. The Labute approximate surface area is 96.0 Å². The molecule has 0 aromatic carbocycles. The summed E-state index contributed by atoms with van der Waals surface area (Å²) in [6.45, 7) is 4.56. The number of Topliss-reactive ketones (excluding diaryl/α,β-unsaturated/α-hetero) is 1. The lowest BCUT2D eigenvalue weighted by atomic mass is 9.69. The van der Waals surface area contributed by atoms with Crippen LogP contribution >= 0.6 is 0 Å². The molecule has 3 unspecified atom stereocenters. The predicted octanol–water partition coefficient (Wildman–Crippen LogP) is 2.62. The zero-order valence-corrected chi connectivity index (χ0v) is 10.0. The van der Waals surface area contributed by atoms with Crippen molar-refractivity contribution in [3.8, 4) is 0 Å². The molecule has 1 aliphatic heterocycles. The summed E-state index contributed by atoms with van der Waals surface area (Å²) in [5.74, 6) is 0.803. The molecule has 0 aromatic rings. The summed E-state index contributed by atoms with van der Waals surface area (Å²) in [5.41, 5.74) is 1.11. The third-order valence-corrected chi connectivity index (χ3v) is 5.66. The Morgan fingerprint density at radius 1 is 1.44 bits per heavy atom. The van der Waals surface area contributed by atoms with Crippen LogP contribution in [0.5, 0.6) is 0 Å². The number of ether oxygens (including phenoxy) is 1. The van der Waals surface area contributed by atoms with Gasteiger partial charge in [0.2, 0.25) is 0 Å². The van der Waals surface area contributed by atoms with Gasteiger partial charge in [-0.15, -0.1) is 0 Å². The van der Waals surface area contributed by atoms with Crippen molar-refractivity contribution in [3.05, 3.63) is 11.6 Å². The highest BCUT2D eigenvalue weighted by atomic mass is 16.6. The van der Waals surface area contributed by atoms with Crippen molar-refractivity contribution in [2.75, 3.05) is 0 Å². The van der Waals surface area contributed by atoms with Crippen LogP contribution in [0, 0.1) is 11.3 Å². The van der Waals surface area contributed by atoms with Crippen molar-refractivity contribution in [2.24, 2.45) is 11.3 Å². The molecule has 0 radical (unpaired) electrons. The summed E-state index contributed by atoms with van der Waals surface area (Å²) in [6.07, 6.45) is 7.48. The molecular formula is C14H18O2. The van der Waals surface area contributed by atoms with Gasteiger partial charge in [0.25, 0.3) is 0 Å². The first-order chi connectivity index (χ1) is 7.56. The summed E-state index contributed by atoms with van der Waals surface area (Å²) >= 11 is 0. The van der Waals surface area contributed by atoms with E-state index in [1.807, 2.05) is 0 Å². The molecule has 2 saturated carbocycles. The summed E-state index contributed by atoms with van der Waals surface area (Å²) < 4.78 is 6.14. The van der Waals surface area contributed by atoms with Gasteiger partial charge < -0.3 is 4.74 Å². The van der Waals surface area contributed by atoms with E-state index in [9.17, 15) is 4.79 Å². The second-order valence-corrected chi connectivity index (χ2v) is 6.36. The predicted molar refractivity (Wildman–Crippen MR) is 60.0 cm³/mol. The van der Waals surface area contributed by atoms with Crippen molar-refractivity contribution in [3.63, 3.8) is 0 Å². The molecule has 4 rings (SSSR count). The fourth-order valence-corrected chi connectivity index (χ4v) is 4.95. The number of ketones is 1. The van der Waals surface area contributed by atoms with Crippen molar-refractivity contribution in [1.29, 1.82) is 0 Å².